The fourth-order valence-electron chi connectivity index (χ4n) is 0.869. The molecule has 0 aliphatic carbocycles. The molecule has 0 spiro atoms. The van der Waals surface area contributed by atoms with E-state index in [2.05, 4.69) is 0 Å². The summed E-state index contributed by atoms with van der Waals surface area (Å²) in [4.78, 5) is 21.4. The first-order valence-electron chi connectivity index (χ1n) is 3.52. The van der Waals surface area contributed by atoms with Crippen molar-refractivity contribution in [1.82, 2.24) is 0 Å². The van der Waals surface area contributed by atoms with Crippen LogP contribution in [-0.2, 0) is 0 Å². The van der Waals surface area contributed by atoms with E-state index in [1.165, 1.54) is 6.92 Å². The highest BCUT2D eigenvalue weighted by atomic mass is 16.1. The van der Waals surface area contributed by atoms with Crippen LogP contribution in [0.2, 0.25) is 0 Å². The number of rotatable bonds is 2. The second-order valence-corrected chi connectivity index (χ2v) is 2.50. The maximum Gasteiger partial charge on any atom is 0.248 e. The third kappa shape index (κ3) is 1.69. The maximum atomic E-state index is 10.8. The van der Waals surface area contributed by atoms with Crippen molar-refractivity contribution < 1.29 is 11.0 Å². The van der Waals surface area contributed by atoms with Crippen molar-refractivity contribution in [3.05, 3.63) is 35.4 Å². The van der Waals surface area contributed by atoms with E-state index in [1.807, 2.05) is 0 Å². The minimum absolute atomic E-state index is 0. The zero-order valence-corrected chi connectivity index (χ0v) is 6.70. The number of primary amides is 1. The first-order chi connectivity index (χ1) is 5.61. The Morgan fingerprint density at radius 2 is 1.58 bits per heavy atom. The van der Waals surface area contributed by atoms with Crippen molar-refractivity contribution in [2.24, 2.45) is 5.73 Å². The Hall–Kier alpha value is -1.64. The van der Waals surface area contributed by atoms with E-state index < -0.39 is 5.91 Å². The highest BCUT2D eigenvalue weighted by Gasteiger charge is 2.01. The van der Waals surface area contributed by atoms with Crippen LogP contribution in [0.4, 0.5) is 0 Å². The van der Waals surface area contributed by atoms with Crippen molar-refractivity contribution in [3.63, 3.8) is 0 Å². The average Bonchev–Trinajstić information content (AvgIpc) is 2.04. The zero-order chi connectivity index (χ0) is 9.14. The van der Waals surface area contributed by atoms with E-state index >= 15 is 0 Å². The molecule has 1 aromatic carbocycles. The van der Waals surface area contributed by atoms with E-state index in [9.17, 15) is 9.59 Å². The molecule has 3 nitrogen and oxygen atoms in total. The van der Waals surface area contributed by atoms with Crippen LogP contribution in [0.3, 0.4) is 0 Å². The summed E-state index contributed by atoms with van der Waals surface area (Å²) in [6, 6.07) is 6.25. The standard InChI is InChI=1S/C9H9NO2.H2/c1-6(11)7-2-4-8(5-3-7)9(10)12;/h2-5H,1H3,(H2,10,12);1H. The van der Waals surface area contributed by atoms with Gasteiger partial charge in [0.2, 0.25) is 5.91 Å². The summed E-state index contributed by atoms with van der Waals surface area (Å²) in [7, 11) is 0. The third-order valence-electron chi connectivity index (χ3n) is 1.58. The van der Waals surface area contributed by atoms with Crippen LogP contribution in [0.25, 0.3) is 0 Å². The number of ketones is 1. The van der Waals surface area contributed by atoms with Gasteiger partial charge in [-0.3, -0.25) is 9.59 Å². The molecule has 0 heterocycles. The molecule has 0 radical (unpaired) electrons. The van der Waals surface area contributed by atoms with Crippen LogP contribution in [-0.4, -0.2) is 11.7 Å². The maximum absolute atomic E-state index is 10.8. The molecule has 0 unspecified atom stereocenters. The molecule has 64 valence electrons. The molecule has 0 saturated carbocycles. The van der Waals surface area contributed by atoms with Gasteiger partial charge in [0, 0.05) is 12.6 Å². The molecule has 1 rings (SSSR count). The summed E-state index contributed by atoms with van der Waals surface area (Å²) in [5, 5.41) is 0. The monoisotopic (exact) mass is 165 g/mol. The molecule has 0 fully saturated rings. The molecule has 0 aliphatic rings. The van der Waals surface area contributed by atoms with Crippen LogP contribution < -0.4 is 5.73 Å². The molecule has 0 aliphatic heterocycles. The lowest BCUT2D eigenvalue weighted by Crippen LogP contribution is -2.10. The molecule has 0 atom stereocenters. The smallest absolute Gasteiger partial charge is 0.248 e. The number of benzene rings is 1. The van der Waals surface area contributed by atoms with Gasteiger partial charge in [0.15, 0.2) is 5.78 Å². The first kappa shape index (κ1) is 8.46. The van der Waals surface area contributed by atoms with E-state index in [4.69, 9.17) is 5.73 Å². The SMILES string of the molecule is CC(=O)c1ccc(C(N)=O)cc1.[HH]. The normalized spacial score (nSPS) is 9.42. The molecule has 0 bridgehead atoms. The van der Waals surface area contributed by atoms with Crippen molar-refractivity contribution >= 4 is 11.7 Å². The van der Waals surface area contributed by atoms with Crippen LogP contribution >= 0.6 is 0 Å². The minimum Gasteiger partial charge on any atom is -0.366 e. The Labute approximate surface area is 71.7 Å². The van der Waals surface area contributed by atoms with Crippen molar-refractivity contribution in [1.29, 1.82) is 0 Å². The number of hydrogen-bond donors (Lipinski definition) is 1. The number of hydrogen-bond acceptors (Lipinski definition) is 2. The van der Waals surface area contributed by atoms with Crippen molar-refractivity contribution in [3.8, 4) is 0 Å². The largest absolute Gasteiger partial charge is 0.366 e. The Balaban J connectivity index is 0.00000144. The number of nitrogens with two attached hydrogens (primary N) is 1. The average molecular weight is 165 g/mol. The Morgan fingerprint density at radius 3 is 1.92 bits per heavy atom. The number of Topliss-reactive ketones (excluding diaryl/α,β-unsaturated/α-hetero) is 1. The van der Waals surface area contributed by atoms with E-state index in [0.29, 0.717) is 11.1 Å². The Morgan fingerprint density at radius 1 is 1.17 bits per heavy atom. The van der Waals surface area contributed by atoms with Gasteiger partial charge in [-0.15, -0.1) is 0 Å². The Bertz CT molecular complexity index is 286. The second kappa shape index (κ2) is 3.17. The first-order valence-corrected chi connectivity index (χ1v) is 3.52. The summed E-state index contributed by atoms with van der Waals surface area (Å²) in [6.45, 7) is 1.47. The Kier molecular flexibility index (Phi) is 2.24. The van der Waals surface area contributed by atoms with E-state index in [-0.39, 0.29) is 7.21 Å². The van der Waals surface area contributed by atoms with E-state index in [0.717, 1.165) is 0 Å². The van der Waals surface area contributed by atoms with Crippen molar-refractivity contribution in [2.75, 3.05) is 0 Å². The predicted molar refractivity (Wildman–Crippen MR) is 47.1 cm³/mol. The fourth-order valence-corrected chi connectivity index (χ4v) is 0.869. The summed E-state index contributed by atoms with van der Waals surface area (Å²) in [5.41, 5.74) is 6.02. The van der Waals surface area contributed by atoms with Crippen LogP contribution in [0.5, 0.6) is 0 Å². The second-order valence-electron chi connectivity index (χ2n) is 2.50. The van der Waals surface area contributed by atoms with Gasteiger partial charge in [0.1, 0.15) is 0 Å². The van der Waals surface area contributed by atoms with Gasteiger partial charge in [-0.25, -0.2) is 0 Å². The lowest BCUT2D eigenvalue weighted by Gasteiger charge is -1.96. The van der Waals surface area contributed by atoms with Crippen LogP contribution in [0.15, 0.2) is 24.3 Å². The summed E-state index contributed by atoms with van der Waals surface area (Å²) in [6.07, 6.45) is 0. The topological polar surface area (TPSA) is 60.2 Å². The lowest BCUT2D eigenvalue weighted by molar-refractivity contribution is 0.0993. The third-order valence-corrected chi connectivity index (χ3v) is 1.58. The van der Waals surface area contributed by atoms with Gasteiger partial charge in [0.25, 0.3) is 0 Å². The molecular weight excluding hydrogens is 154 g/mol. The number of carbonyl (C=O) groups excluding carboxylic acids is 2. The lowest BCUT2D eigenvalue weighted by atomic mass is 10.1. The van der Waals surface area contributed by atoms with Crippen LogP contribution in [0, 0.1) is 0 Å². The van der Waals surface area contributed by atoms with Gasteiger partial charge in [-0.2, -0.15) is 0 Å². The molecule has 3 heteroatoms. The highest BCUT2D eigenvalue weighted by molar-refractivity contribution is 5.97. The fraction of sp³-hybridized carbons (Fsp3) is 0.111. The van der Waals surface area contributed by atoms with Gasteiger partial charge in [0.05, 0.1) is 0 Å². The van der Waals surface area contributed by atoms with Gasteiger partial charge < -0.3 is 5.73 Å². The molecular formula is C9H11NO2. The van der Waals surface area contributed by atoms with Gasteiger partial charge in [-0.1, -0.05) is 12.1 Å². The summed E-state index contributed by atoms with van der Waals surface area (Å²) in [5.74, 6) is -0.504. The predicted octanol–water partition coefficient (Wildman–Crippen LogP) is 1.23. The van der Waals surface area contributed by atoms with Crippen molar-refractivity contribution in [2.45, 2.75) is 6.92 Å². The molecule has 0 aromatic heterocycles. The highest BCUT2D eigenvalue weighted by Crippen LogP contribution is 2.03. The molecule has 1 amide bonds. The molecule has 1 aromatic rings. The molecule has 2 N–H and O–H groups in total. The molecule has 12 heavy (non-hydrogen) atoms. The minimum atomic E-state index is -0.481. The number of amides is 1. The molecule has 0 saturated heterocycles. The zero-order valence-electron chi connectivity index (χ0n) is 6.70. The summed E-state index contributed by atoms with van der Waals surface area (Å²) >= 11 is 0. The van der Waals surface area contributed by atoms with Crippen LogP contribution in [0.1, 0.15) is 29.1 Å². The number of carbonyl (C=O) groups is 2. The van der Waals surface area contributed by atoms with Gasteiger partial charge >= 0.3 is 0 Å². The van der Waals surface area contributed by atoms with E-state index in [1.54, 1.807) is 24.3 Å². The van der Waals surface area contributed by atoms with Gasteiger partial charge in [-0.05, 0) is 19.1 Å². The quantitative estimate of drug-likeness (QED) is 0.670. The summed E-state index contributed by atoms with van der Waals surface area (Å²) < 4.78 is 0.